The van der Waals surface area contributed by atoms with Gasteiger partial charge in [0, 0.05) is 26.2 Å². The number of hydrogen-bond donors (Lipinski definition) is 1. The number of ether oxygens (including phenoxy) is 2. The Morgan fingerprint density at radius 2 is 1.93 bits per heavy atom. The molecule has 1 aromatic carbocycles. The van der Waals surface area contributed by atoms with Gasteiger partial charge in [0.05, 0.1) is 18.8 Å². The molecule has 1 aliphatic carbocycles. The van der Waals surface area contributed by atoms with E-state index in [1.54, 1.807) is 19.1 Å². The van der Waals surface area contributed by atoms with Crippen molar-refractivity contribution < 1.29 is 19.1 Å². The van der Waals surface area contributed by atoms with Crippen molar-refractivity contribution in [2.45, 2.75) is 51.7 Å². The van der Waals surface area contributed by atoms with Crippen molar-refractivity contribution in [3.05, 3.63) is 47.0 Å². The van der Waals surface area contributed by atoms with E-state index in [1.807, 2.05) is 12.1 Å². The first-order valence-electron chi connectivity index (χ1n) is 10.7. The maximum atomic E-state index is 12.3. The van der Waals surface area contributed by atoms with Gasteiger partial charge in [-0.15, -0.1) is 0 Å². The number of carbonyl (C=O) groups excluding carboxylic acids is 2. The average Bonchev–Trinajstić information content (AvgIpc) is 2.75. The Balaban J connectivity index is 1.41. The highest BCUT2D eigenvalue weighted by Crippen LogP contribution is 2.19. The number of allylic oxidation sites excluding steroid dienone is 1. The molecule has 3 rings (SSSR count). The van der Waals surface area contributed by atoms with Gasteiger partial charge >= 0.3 is 5.97 Å². The van der Waals surface area contributed by atoms with E-state index in [0.717, 1.165) is 57.7 Å². The van der Waals surface area contributed by atoms with Crippen LogP contribution >= 0.6 is 0 Å². The van der Waals surface area contributed by atoms with Gasteiger partial charge in [-0.1, -0.05) is 23.8 Å². The number of hydrogen-bond acceptors (Lipinski definition) is 5. The molecule has 0 bridgehead atoms. The summed E-state index contributed by atoms with van der Waals surface area (Å²) in [7, 11) is 0. The topological polar surface area (TPSA) is 67.9 Å². The summed E-state index contributed by atoms with van der Waals surface area (Å²) in [6, 6.07) is 7.40. The van der Waals surface area contributed by atoms with Crippen LogP contribution in [-0.2, 0) is 20.8 Å². The summed E-state index contributed by atoms with van der Waals surface area (Å²) in [4.78, 5) is 26.9. The third kappa shape index (κ3) is 6.98. The zero-order valence-electron chi connectivity index (χ0n) is 17.3. The number of amides is 1. The quantitative estimate of drug-likeness (QED) is 0.537. The Morgan fingerprint density at radius 1 is 1.17 bits per heavy atom. The number of benzene rings is 1. The smallest absolute Gasteiger partial charge is 0.338 e. The fourth-order valence-electron chi connectivity index (χ4n) is 3.67. The van der Waals surface area contributed by atoms with E-state index in [0.29, 0.717) is 12.1 Å². The van der Waals surface area contributed by atoms with Crippen molar-refractivity contribution in [1.29, 1.82) is 0 Å². The number of esters is 1. The van der Waals surface area contributed by atoms with E-state index < -0.39 is 12.1 Å². The molecule has 1 fully saturated rings. The number of nitrogens with one attached hydrogen (secondary N) is 1. The molecule has 0 aromatic heterocycles. The van der Waals surface area contributed by atoms with Crippen LogP contribution in [0.25, 0.3) is 0 Å². The predicted molar refractivity (Wildman–Crippen MR) is 112 cm³/mol. The molecule has 1 amide bonds. The summed E-state index contributed by atoms with van der Waals surface area (Å²) >= 11 is 0. The first-order valence-corrected chi connectivity index (χ1v) is 10.7. The highest BCUT2D eigenvalue weighted by molar-refractivity contribution is 5.92. The van der Waals surface area contributed by atoms with E-state index in [9.17, 15) is 9.59 Å². The van der Waals surface area contributed by atoms with Crippen LogP contribution in [0, 0.1) is 0 Å². The van der Waals surface area contributed by atoms with E-state index in [1.165, 1.54) is 18.4 Å². The van der Waals surface area contributed by atoms with E-state index >= 15 is 0 Å². The van der Waals surface area contributed by atoms with Crippen LogP contribution in [-0.4, -0.2) is 55.7 Å². The molecule has 6 heteroatoms. The first-order chi connectivity index (χ1) is 14.1. The minimum atomic E-state index is -0.809. The second kappa shape index (κ2) is 11.1. The van der Waals surface area contributed by atoms with Crippen LogP contribution in [0.15, 0.2) is 35.9 Å². The second-order valence-corrected chi connectivity index (χ2v) is 7.78. The van der Waals surface area contributed by atoms with Gasteiger partial charge in [0.25, 0.3) is 5.91 Å². The molecule has 0 radical (unpaired) electrons. The average molecular weight is 401 g/mol. The molecule has 1 aromatic rings. The van der Waals surface area contributed by atoms with Crippen molar-refractivity contribution in [3.8, 4) is 0 Å². The minimum absolute atomic E-state index is 0.251. The molecule has 0 spiro atoms. The lowest BCUT2D eigenvalue weighted by molar-refractivity contribution is -0.129. The van der Waals surface area contributed by atoms with Gasteiger partial charge < -0.3 is 14.8 Å². The van der Waals surface area contributed by atoms with Crippen molar-refractivity contribution in [2.75, 3.05) is 32.8 Å². The van der Waals surface area contributed by atoms with Gasteiger partial charge in [0.2, 0.25) is 0 Å². The predicted octanol–water partition coefficient (Wildman–Crippen LogP) is 3.07. The van der Waals surface area contributed by atoms with Crippen molar-refractivity contribution in [1.82, 2.24) is 10.2 Å². The molecule has 1 atom stereocenters. The van der Waals surface area contributed by atoms with Crippen LogP contribution in [0.4, 0.5) is 0 Å². The Hall–Kier alpha value is -2.18. The summed E-state index contributed by atoms with van der Waals surface area (Å²) in [5.74, 6) is -0.723. The monoisotopic (exact) mass is 400 g/mol. The third-order valence-corrected chi connectivity index (χ3v) is 5.48. The molecule has 1 saturated heterocycles. The second-order valence-electron chi connectivity index (χ2n) is 7.78. The largest absolute Gasteiger partial charge is 0.449 e. The van der Waals surface area contributed by atoms with E-state index in [2.05, 4.69) is 16.3 Å². The highest BCUT2D eigenvalue weighted by atomic mass is 16.5. The lowest BCUT2D eigenvalue weighted by Crippen LogP contribution is -2.36. The summed E-state index contributed by atoms with van der Waals surface area (Å²) in [6.07, 6.45) is 7.11. The number of morpholine rings is 1. The molecule has 1 aliphatic heterocycles. The summed E-state index contributed by atoms with van der Waals surface area (Å²) in [5, 5.41) is 2.87. The summed E-state index contributed by atoms with van der Waals surface area (Å²) in [5.41, 5.74) is 3.02. The van der Waals surface area contributed by atoms with Crippen molar-refractivity contribution in [2.24, 2.45) is 0 Å². The maximum Gasteiger partial charge on any atom is 0.338 e. The fourth-order valence-corrected chi connectivity index (χ4v) is 3.67. The number of nitrogens with zero attached hydrogens (tertiary/aromatic N) is 1. The molecule has 158 valence electrons. The highest BCUT2D eigenvalue weighted by Gasteiger charge is 2.19. The molecule has 1 heterocycles. The van der Waals surface area contributed by atoms with Gasteiger partial charge in [-0.3, -0.25) is 9.69 Å². The Kier molecular flexibility index (Phi) is 8.25. The molecular weight excluding hydrogens is 368 g/mol. The zero-order chi connectivity index (χ0) is 20.5. The fraction of sp³-hybridized carbons (Fsp3) is 0.565. The van der Waals surface area contributed by atoms with Crippen molar-refractivity contribution >= 4 is 11.9 Å². The molecule has 2 aliphatic rings. The molecule has 1 N–H and O–H groups in total. The zero-order valence-corrected chi connectivity index (χ0v) is 17.3. The SMILES string of the molecule is C[C@H](OC(=O)c1ccc(CN2CCOCC2)cc1)C(=O)NCCC1=CCCCC1. The van der Waals surface area contributed by atoms with Gasteiger partial charge in [0.15, 0.2) is 6.10 Å². The number of carbonyl (C=O) groups is 2. The molecule has 0 unspecified atom stereocenters. The van der Waals surface area contributed by atoms with E-state index in [4.69, 9.17) is 9.47 Å². The van der Waals surface area contributed by atoms with Gasteiger partial charge in [-0.25, -0.2) is 4.79 Å². The van der Waals surface area contributed by atoms with Crippen molar-refractivity contribution in [3.63, 3.8) is 0 Å². The van der Waals surface area contributed by atoms with Crippen LogP contribution < -0.4 is 5.32 Å². The van der Waals surface area contributed by atoms with Crippen LogP contribution in [0.5, 0.6) is 0 Å². The molecule has 29 heavy (non-hydrogen) atoms. The standard InChI is InChI=1S/C23H32N2O4/c1-18(22(26)24-12-11-19-5-3-2-4-6-19)29-23(27)21-9-7-20(8-10-21)17-25-13-15-28-16-14-25/h5,7-10,18H,2-4,6,11-17H2,1H3,(H,24,26)/t18-/m0/s1. The normalized spacial score (nSPS) is 18.6. The Bertz CT molecular complexity index is 708. The number of rotatable bonds is 8. The van der Waals surface area contributed by atoms with Crippen LogP contribution in [0.3, 0.4) is 0 Å². The Labute approximate surface area is 173 Å². The van der Waals surface area contributed by atoms with Crippen LogP contribution in [0.2, 0.25) is 0 Å². The van der Waals surface area contributed by atoms with Crippen LogP contribution in [0.1, 0.15) is 54.9 Å². The summed E-state index contributed by atoms with van der Waals surface area (Å²) in [6.45, 7) is 6.42. The first kappa shape index (κ1) is 21.5. The minimum Gasteiger partial charge on any atom is -0.449 e. The maximum absolute atomic E-state index is 12.3. The van der Waals surface area contributed by atoms with E-state index in [-0.39, 0.29) is 5.91 Å². The molecular formula is C23H32N2O4. The third-order valence-electron chi connectivity index (χ3n) is 5.48. The summed E-state index contributed by atoms with van der Waals surface area (Å²) < 4.78 is 10.7. The van der Waals surface area contributed by atoms with Gasteiger partial charge in [-0.2, -0.15) is 0 Å². The van der Waals surface area contributed by atoms with Gasteiger partial charge in [-0.05, 0) is 56.7 Å². The lowest BCUT2D eigenvalue weighted by atomic mass is 9.97. The lowest BCUT2D eigenvalue weighted by Gasteiger charge is -2.26. The molecule has 0 saturated carbocycles. The Morgan fingerprint density at radius 3 is 2.62 bits per heavy atom. The van der Waals surface area contributed by atoms with Gasteiger partial charge in [0.1, 0.15) is 0 Å². The molecule has 6 nitrogen and oxygen atoms in total.